The number of ether oxygens (including phenoxy) is 2. The number of furan rings is 1. The van der Waals surface area contributed by atoms with Crippen LogP contribution in [-0.4, -0.2) is 43.9 Å². The van der Waals surface area contributed by atoms with Crippen LogP contribution in [0.25, 0.3) is 0 Å². The highest BCUT2D eigenvalue weighted by atomic mass is 16.5. The molecule has 1 aliphatic carbocycles. The lowest BCUT2D eigenvalue weighted by atomic mass is 9.93. The van der Waals surface area contributed by atoms with Gasteiger partial charge in [-0.25, -0.2) is 5.43 Å². The van der Waals surface area contributed by atoms with Crippen LogP contribution < -0.4 is 15.5 Å². The van der Waals surface area contributed by atoms with Crippen LogP contribution in [0, 0.1) is 6.92 Å². The van der Waals surface area contributed by atoms with Gasteiger partial charge in [-0.05, 0) is 38.8 Å². The second-order valence-corrected chi connectivity index (χ2v) is 7.23. The van der Waals surface area contributed by atoms with E-state index in [9.17, 15) is 9.59 Å². The molecule has 1 aromatic carbocycles. The first-order valence-corrected chi connectivity index (χ1v) is 9.95. The van der Waals surface area contributed by atoms with Crippen molar-refractivity contribution >= 4 is 17.5 Å². The molecule has 2 N–H and O–H groups in total. The first-order chi connectivity index (χ1) is 14.5. The first-order valence-electron chi connectivity index (χ1n) is 9.95. The summed E-state index contributed by atoms with van der Waals surface area (Å²) >= 11 is 0. The zero-order valence-corrected chi connectivity index (χ0v) is 17.5. The molecule has 0 spiro atoms. The maximum atomic E-state index is 12.6. The molecule has 0 bridgehead atoms. The predicted molar refractivity (Wildman–Crippen MR) is 112 cm³/mol. The molecule has 1 heterocycles. The molecule has 0 saturated heterocycles. The maximum absolute atomic E-state index is 12.6. The lowest BCUT2D eigenvalue weighted by molar-refractivity contribution is -0.123. The third-order valence-corrected chi connectivity index (χ3v) is 4.75. The van der Waals surface area contributed by atoms with Gasteiger partial charge in [0.25, 0.3) is 11.8 Å². The minimum atomic E-state index is -0.356. The van der Waals surface area contributed by atoms with Crippen LogP contribution in [-0.2, 0) is 16.0 Å². The normalized spacial score (nSPS) is 15.4. The van der Waals surface area contributed by atoms with Crippen LogP contribution in [0.4, 0.5) is 0 Å². The summed E-state index contributed by atoms with van der Waals surface area (Å²) < 4.78 is 16.3. The minimum Gasteiger partial charge on any atom is -0.484 e. The largest absolute Gasteiger partial charge is 0.484 e. The second-order valence-electron chi connectivity index (χ2n) is 7.23. The molecular formula is C22H27N3O5. The Kier molecular flexibility index (Phi) is 7.24. The third-order valence-electron chi connectivity index (χ3n) is 4.75. The highest BCUT2D eigenvalue weighted by Gasteiger charge is 2.28. The summed E-state index contributed by atoms with van der Waals surface area (Å²) in [6, 6.07) is 8.97. The number of fused-ring (bicyclic) bond motifs is 1. The van der Waals surface area contributed by atoms with E-state index in [4.69, 9.17) is 13.9 Å². The van der Waals surface area contributed by atoms with Gasteiger partial charge in [0.2, 0.25) is 0 Å². The van der Waals surface area contributed by atoms with Crippen LogP contribution in [0.1, 0.15) is 47.2 Å². The van der Waals surface area contributed by atoms with Crippen LogP contribution in [0.5, 0.6) is 5.75 Å². The van der Waals surface area contributed by atoms with Gasteiger partial charge in [-0.3, -0.25) is 9.59 Å². The molecule has 0 radical (unpaired) electrons. The number of aryl methyl sites for hydroxylation is 1. The van der Waals surface area contributed by atoms with Gasteiger partial charge in [-0.15, -0.1) is 0 Å². The van der Waals surface area contributed by atoms with Crippen molar-refractivity contribution in [3.8, 4) is 5.75 Å². The highest BCUT2D eigenvalue weighted by molar-refractivity contribution is 6.06. The van der Waals surface area contributed by atoms with Gasteiger partial charge >= 0.3 is 0 Å². The highest BCUT2D eigenvalue weighted by Crippen LogP contribution is 2.29. The zero-order valence-electron chi connectivity index (χ0n) is 17.5. The van der Waals surface area contributed by atoms with Crippen LogP contribution in [0.2, 0.25) is 0 Å². The number of para-hydroxylation sites is 1. The molecule has 8 nitrogen and oxygen atoms in total. The Hall–Kier alpha value is -3.13. The molecule has 1 aromatic heterocycles. The Morgan fingerprint density at radius 1 is 1.23 bits per heavy atom. The Morgan fingerprint density at radius 3 is 2.73 bits per heavy atom. The van der Waals surface area contributed by atoms with Crippen LogP contribution >= 0.6 is 0 Å². The molecule has 3 rings (SSSR count). The summed E-state index contributed by atoms with van der Waals surface area (Å²) in [5.41, 5.74) is 4.77. The van der Waals surface area contributed by atoms with E-state index in [1.165, 1.54) is 0 Å². The maximum Gasteiger partial charge on any atom is 0.287 e. The summed E-state index contributed by atoms with van der Waals surface area (Å²) in [7, 11) is 1.58. The van der Waals surface area contributed by atoms with Crippen molar-refractivity contribution in [1.82, 2.24) is 10.7 Å². The monoisotopic (exact) mass is 413 g/mol. The minimum absolute atomic E-state index is 0.136. The molecule has 2 aromatic rings. The van der Waals surface area contributed by atoms with Crippen molar-refractivity contribution in [2.45, 2.75) is 39.2 Å². The number of carbonyl (C=O) groups excluding carboxylic acids is 2. The van der Waals surface area contributed by atoms with Gasteiger partial charge in [0.05, 0.1) is 12.3 Å². The topological polar surface area (TPSA) is 102 Å². The van der Waals surface area contributed by atoms with E-state index in [2.05, 4.69) is 15.8 Å². The molecule has 0 fully saturated rings. The summed E-state index contributed by atoms with van der Waals surface area (Å²) in [5, 5.41) is 7.15. The molecule has 1 unspecified atom stereocenters. The first kappa shape index (κ1) is 21.6. The van der Waals surface area contributed by atoms with Crippen molar-refractivity contribution in [3.05, 3.63) is 53.0 Å². The average molecular weight is 413 g/mol. The summed E-state index contributed by atoms with van der Waals surface area (Å²) in [4.78, 5) is 24.7. The van der Waals surface area contributed by atoms with Gasteiger partial charge in [0.15, 0.2) is 12.4 Å². The molecule has 2 amide bonds. The fraction of sp³-hybridized carbons (Fsp3) is 0.409. The molecule has 8 heteroatoms. The second kappa shape index (κ2) is 10.1. The molecular weight excluding hydrogens is 386 g/mol. The average Bonchev–Trinajstić information content (AvgIpc) is 3.09. The lowest BCUT2D eigenvalue weighted by Crippen LogP contribution is -2.35. The van der Waals surface area contributed by atoms with E-state index in [0.717, 1.165) is 29.7 Å². The number of rotatable bonds is 8. The van der Waals surface area contributed by atoms with E-state index in [1.54, 1.807) is 19.2 Å². The number of nitrogens with one attached hydrogen (secondary N) is 2. The lowest BCUT2D eigenvalue weighted by Gasteiger charge is -2.13. The standard InChI is InChI=1S/C22H27N3O5/c1-14(12-28-3)23-22(27)21-15(2)20-17(10-7-11-18(20)30-21)24-25-19(26)13-29-16-8-5-4-6-9-16/h4-6,8-9,14H,7,10-13H2,1-3H3,(H,23,27)(H,25,26)/b24-17+. The quantitative estimate of drug-likeness (QED) is 0.648. The van der Waals surface area contributed by atoms with Crippen molar-refractivity contribution in [3.63, 3.8) is 0 Å². The summed E-state index contributed by atoms with van der Waals surface area (Å²) in [5.74, 6) is 0.967. The van der Waals surface area contributed by atoms with Crippen molar-refractivity contribution in [1.29, 1.82) is 0 Å². The van der Waals surface area contributed by atoms with Gasteiger partial charge in [0.1, 0.15) is 11.5 Å². The smallest absolute Gasteiger partial charge is 0.287 e. The molecule has 0 saturated carbocycles. The number of amides is 2. The van der Waals surface area contributed by atoms with Crippen LogP contribution in [0.15, 0.2) is 39.9 Å². The Labute approximate surface area is 175 Å². The van der Waals surface area contributed by atoms with Crippen molar-refractivity contribution in [2.75, 3.05) is 20.3 Å². The summed E-state index contributed by atoms with van der Waals surface area (Å²) in [6.45, 7) is 3.97. The number of hydrogen-bond acceptors (Lipinski definition) is 6. The summed E-state index contributed by atoms with van der Waals surface area (Å²) in [6.07, 6.45) is 2.24. The van der Waals surface area contributed by atoms with E-state index < -0.39 is 0 Å². The SMILES string of the molecule is COCC(C)NC(=O)c1oc2c(c1C)/C(=N/NC(=O)COc1ccccc1)CCC2. The zero-order chi connectivity index (χ0) is 21.5. The van der Waals surface area contributed by atoms with E-state index >= 15 is 0 Å². The molecule has 0 aliphatic heterocycles. The van der Waals surface area contributed by atoms with E-state index in [-0.39, 0.29) is 30.2 Å². The predicted octanol–water partition coefficient (Wildman–Crippen LogP) is 2.59. The van der Waals surface area contributed by atoms with Gasteiger partial charge in [-0.2, -0.15) is 5.10 Å². The number of nitrogens with zero attached hydrogens (tertiary/aromatic N) is 1. The number of methoxy groups -OCH3 is 1. The van der Waals surface area contributed by atoms with Crippen molar-refractivity contribution in [2.24, 2.45) is 5.10 Å². The molecule has 1 aliphatic rings. The molecule has 30 heavy (non-hydrogen) atoms. The van der Waals surface area contributed by atoms with Gasteiger partial charge < -0.3 is 19.2 Å². The van der Waals surface area contributed by atoms with E-state index in [0.29, 0.717) is 24.5 Å². The number of benzene rings is 1. The fourth-order valence-corrected chi connectivity index (χ4v) is 3.41. The van der Waals surface area contributed by atoms with Gasteiger partial charge in [0, 0.05) is 30.7 Å². The Balaban J connectivity index is 1.68. The molecule has 160 valence electrons. The number of hydrazone groups is 1. The number of hydrogen-bond donors (Lipinski definition) is 2. The van der Waals surface area contributed by atoms with Crippen molar-refractivity contribution < 1.29 is 23.5 Å². The number of carbonyl (C=O) groups is 2. The Bertz CT molecular complexity index is 920. The van der Waals surface area contributed by atoms with E-state index in [1.807, 2.05) is 32.0 Å². The molecule has 1 atom stereocenters. The fourth-order valence-electron chi connectivity index (χ4n) is 3.41. The van der Waals surface area contributed by atoms with Crippen LogP contribution in [0.3, 0.4) is 0 Å². The Morgan fingerprint density at radius 2 is 2.00 bits per heavy atom. The third kappa shape index (κ3) is 5.27. The van der Waals surface area contributed by atoms with Gasteiger partial charge in [-0.1, -0.05) is 18.2 Å².